The normalized spacial score (nSPS) is 28.3. The minimum absolute atomic E-state index is 0.738. The molecular weight excluding hydrogens is 220 g/mol. The Morgan fingerprint density at radius 3 is 2.61 bits per heavy atom. The van der Waals surface area contributed by atoms with E-state index >= 15 is 0 Å². The van der Waals surface area contributed by atoms with Crippen LogP contribution in [0.1, 0.15) is 36.0 Å². The van der Waals surface area contributed by atoms with Crippen LogP contribution in [0.15, 0.2) is 18.2 Å². The van der Waals surface area contributed by atoms with E-state index in [1.54, 1.807) is 0 Å². The van der Waals surface area contributed by atoms with Crippen LogP contribution >= 0.6 is 0 Å². The highest BCUT2D eigenvalue weighted by Crippen LogP contribution is 2.23. The predicted molar refractivity (Wildman–Crippen MR) is 75.8 cm³/mol. The number of benzene rings is 1. The topological polar surface area (TPSA) is 15.3 Å². The summed E-state index contributed by atoms with van der Waals surface area (Å²) in [5, 5.41) is 3.76. The maximum atomic E-state index is 3.76. The van der Waals surface area contributed by atoms with Crippen molar-refractivity contribution in [2.24, 2.45) is 0 Å². The predicted octanol–water partition coefficient (Wildman–Crippen LogP) is 2.63. The number of rotatable bonds is 2. The van der Waals surface area contributed by atoms with E-state index in [4.69, 9.17) is 0 Å². The quantitative estimate of drug-likeness (QED) is 0.860. The van der Waals surface area contributed by atoms with Gasteiger partial charge in [-0.2, -0.15) is 0 Å². The molecule has 3 rings (SSSR count). The zero-order valence-corrected chi connectivity index (χ0v) is 11.6. The number of fused-ring (bicyclic) bond motifs is 2. The second kappa shape index (κ2) is 5.02. The Morgan fingerprint density at radius 1 is 1.11 bits per heavy atom. The standard InChI is InChI=1S/C16H24N2/c1-12-4-3-5-13(2)16(12)11-18-9-8-14-6-7-15(10-18)17-14/h3-5,14-15,17H,6-11H2,1-2H3. The monoisotopic (exact) mass is 244 g/mol. The van der Waals surface area contributed by atoms with Crippen LogP contribution in [-0.2, 0) is 6.54 Å². The summed E-state index contributed by atoms with van der Waals surface area (Å²) in [6.45, 7) is 8.09. The van der Waals surface area contributed by atoms with Gasteiger partial charge in [-0.3, -0.25) is 4.90 Å². The molecule has 2 aliphatic heterocycles. The summed E-state index contributed by atoms with van der Waals surface area (Å²) in [5.41, 5.74) is 4.42. The van der Waals surface area contributed by atoms with Gasteiger partial charge in [-0.15, -0.1) is 0 Å². The minimum Gasteiger partial charge on any atom is -0.310 e. The Kier molecular flexibility index (Phi) is 3.40. The van der Waals surface area contributed by atoms with Crippen LogP contribution in [-0.4, -0.2) is 30.1 Å². The van der Waals surface area contributed by atoms with Crippen LogP contribution in [0.2, 0.25) is 0 Å². The molecule has 1 aromatic rings. The summed E-state index contributed by atoms with van der Waals surface area (Å²) in [5.74, 6) is 0. The molecule has 1 N–H and O–H groups in total. The summed E-state index contributed by atoms with van der Waals surface area (Å²) in [6.07, 6.45) is 4.08. The summed E-state index contributed by atoms with van der Waals surface area (Å²) < 4.78 is 0. The summed E-state index contributed by atoms with van der Waals surface area (Å²) >= 11 is 0. The smallest absolute Gasteiger partial charge is 0.0239 e. The van der Waals surface area contributed by atoms with Gasteiger partial charge in [-0.05, 0) is 49.8 Å². The van der Waals surface area contributed by atoms with E-state index in [9.17, 15) is 0 Å². The number of hydrogen-bond donors (Lipinski definition) is 1. The lowest BCUT2D eigenvalue weighted by Crippen LogP contribution is -2.35. The first-order valence-corrected chi connectivity index (χ1v) is 7.26. The summed E-state index contributed by atoms with van der Waals surface area (Å²) in [4.78, 5) is 2.64. The Morgan fingerprint density at radius 2 is 1.83 bits per heavy atom. The number of nitrogens with one attached hydrogen (secondary N) is 1. The van der Waals surface area contributed by atoms with Crippen LogP contribution in [0.4, 0.5) is 0 Å². The van der Waals surface area contributed by atoms with Gasteiger partial charge >= 0.3 is 0 Å². The van der Waals surface area contributed by atoms with Gasteiger partial charge in [0.1, 0.15) is 0 Å². The largest absolute Gasteiger partial charge is 0.310 e. The first kappa shape index (κ1) is 12.2. The van der Waals surface area contributed by atoms with Gasteiger partial charge in [0.05, 0.1) is 0 Å². The third-order valence-corrected chi connectivity index (χ3v) is 4.63. The first-order valence-electron chi connectivity index (χ1n) is 7.26. The highest BCUT2D eigenvalue weighted by atomic mass is 15.2. The average Bonchev–Trinajstić information content (AvgIpc) is 2.67. The molecule has 0 radical (unpaired) electrons. The molecule has 2 nitrogen and oxygen atoms in total. The van der Waals surface area contributed by atoms with Crippen LogP contribution in [0.5, 0.6) is 0 Å². The molecule has 98 valence electrons. The molecule has 0 aromatic heterocycles. The van der Waals surface area contributed by atoms with Crippen molar-refractivity contribution in [3.8, 4) is 0 Å². The summed E-state index contributed by atoms with van der Waals surface area (Å²) in [6, 6.07) is 8.18. The van der Waals surface area contributed by atoms with Crippen molar-refractivity contribution >= 4 is 0 Å². The van der Waals surface area contributed by atoms with E-state index in [1.807, 2.05) is 0 Å². The Labute approximate surface area is 110 Å². The highest BCUT2D eigenvalue weighted by molar-refractivity contribution is 5.33. The van der Waals surface area contributed by atoms with Gasteiger partial charge < -0.3 is 5.32 Å². The number of aryl methyl sites for hydroxylation is 2. The maximum Gasteiger partial charge on any atom is 0.0239 e. The number of hydrogen-bond acceptors (Lipinski definition) is 2. The van der Waals surface area contributed by atoms with Crippen LogP contribution in [0.3, 0.4) is 0 Å². The molecule has 0 spiro atoms. The third-order valence-electron chi connectivity index (χ3n) is 4.63. The number of likely N-dealkylation sites (tertiary alicyclic amines) is 1. The van der Waals surface area contributed by atoms with Crippen molar-refractivity contribution in [1.82, 2.24) is 10.2 Å². The lowest BCUT2D eigenvalue weighted by Gasteiger charge is -2.25. The molecule has 0 saturated carbocycles. The summed E-state index contributed by atoms with van der Waals surface area (Å²) in [7, 11) is 0. The first-order chi connectivity index (χ1) is 8.72. The van der Waals surface area contributed by atoms with E-state index in [1.165, 1.54) is 49.0 Å². The lowest BCUT2D eigenvalue weighted by molar-refractivity contribution is 0.250. The van der Waals surface area contributed by atoms with Gasteiger partial charge in [0.25, 0.3) is 0 Å². The molecule has 2 saturated heterocycles. The fraction of sp³-hybridized carbons (Fsp3) is 0.625. The SMILES string of the molecule is Cc1cccc(C)c1CN1CCC2CCC(C1)N2. The molecule has 2 heterocycles. The van der Waals surface area contributed by atoms with Crippen molar-refractivity contribution in [2.75, 3.05) is 13.1 Å². The van der Waals surface area contributed by atoms with E-state index in [-0.39, 0.29) is 0 Å². The Hall–Kier alpha value is -0.860. The highest BCUT2D eigenvalue weighted by Gasteiger charge is 2.29. The number of nitrogens with zero attached hydrogens (tertiary/aromatic N) is 1. The second-order valence-corrected chi connectivity index (χ2v) is 6.03. The molecule has 2 bridgehead atoms. The Bertz CT molecular complexity index is 407. The molecule has 2 aliphatic rings. The van der Waals surface area contributed by atoms with E-state index in [0.29, 0.717) is 0 Å². The van der Waals surface area contributed by atoms with Gasteiger partial charge in [0.2, 0.25) is 0 Å². The molecular formula is C16H24N2. The molecule has 2 heteroatoms. The van der Waals surface area contributed by atoms with Gasteiger partial charge in [0.15, 0.2) is 0 Å². The maximum absolute atomic E-state index is 3.76. The fourth-order valence-corrected chi connectivity index (χ4v) is 3.48. The molecule has 0 aliphatic carbocycles. The molecule has 2 fully saturated rings. The molecule has 18 heavy (non-hydrogen) atoms. The van der Waals surface area contributed by atoms with E-state index in [2.05, 4.69) is 42.3 Å². The van der Waals surface area contributed by atoms with Crippen LogP contribution < -0.4 is 5.32 Å². The Balaban J connectivity index is 1.72. The average molecular weight is 244 g/mol. The van der Waals surface area contributed by atoms with Crippen LogP contribution in [0.25, 0.3) is 0 Å². The van der Waals surface area contributed by atoms with Crippen molar-refractivity contribution in [3.63, 3.8) is 0 Å². The molecule has 2 atom stereocenters. The third kappa shape index (κ3) is 2.45. The fourth-order valence-electron chi connectivity index (χ4n) is 3.48. The van der Waals surface area contributed by atoms with Crippen molar-refractivity contribution in [2.45, 2.75) is 51.7 Å². The van der Waals surface area contributed by atoms with Crippen LogP contribution in [0, 0.1) is 13.8 Å². The second-order valence-electron chi connectivity index (χ2n) is 6.03. The van der Waals surface area contributed by atoms with E-state index in [0.717, 1.165) is 18.6 Å². The van der Waals surface area contributed by atoms with Crippen molar-refractivity contribution < 1.29 is 0 Å². The van der Waals surface area contributed by atoms with E-state index < -0.39 is 0 Å². The van der Waals surface area contributed by atoms with Gasteiger partial charge in [-0.1, -0.05) is 18.2 Å². The lowest BCUT2D eigenvalue weighted by atomic mass is 10.0. The molecule has 1 aromatic carbocycles. The van der Waals surface area contributed by atoms with Crippen molar-refractivity contribution in [3.05, 3.63) is 34.9 Å². The molecule has 2 unspecified atom stereocenters. The van der Waals surface area contributed by atoms with Gasteiger partial charge in [0, 0.05) is 31.7 Å². The zero-order valence-electron chi connectivity index (χ0n) is 11.6. The van der Waals surface area contributed by atoms with Crippen molar-refractivity contribution in [1.29, 1.82) is 0 Å². The minimum atomic E-state index is 0.738. The van der Waals surface area contributed by atoms with Gasteiger partial charge in [-0.25, -0.2) is 0 Å². The molecule has 0 amide bonds. The zero-order chi connectivity index (χ0) is 12.5.